The van der Waals surface area contributed by atoms with Gasteiger partial charge in [0.05, 0.1) is 6.07 Å². The number of hydrogen-bond donors (Lipinski definition) is 0. The van der Waals surface area contributed by atoms with Gasteiger partial charge in [-0.1, -0.05) is 6.92 Å². The molecule has 0 fully saturated rings. The van der Waals surface area contributed by atoms with Crippen LogP contribution in [0.4, 0.5) is 0 Å². The van der Waals surface area contributed by atoms with Gasteiger partial charge in [-0.05, 0) is 19.7 Å². The van der Waals surface area contributed by atoms with Gasteiger partial charge in [0.25, 0.3) is 0 Å². The molecule has 0 N–H and O–H groups in total. The monoisotopic (exact) mass is 220 g/mol. The van der Waals surface area contributed by atoms with Crippen LogP contribution in [0.25, 0.3) is 0 Å². The maximum atomic E-state index is 8.55. The molecule has 0 aliphatic heterocycles. The van der Waals surface area contributed by atoms with Crippen molar-refractivity contribution in [2.45, 2.75) is 24.8 Å². The highest BCUT2D eigenvalue weighted by Gasteiger charge is 2.14. The molecule has 2 nitrogen and oxygen atoms in total. The molecule has 0 saturated carbocycles. The average molecular weight is 221 g/mol. The number of nitriles is 1. The Morgan fingerprint density at radius 3 is 2.62 bits per heavy atom. The molecule has 0 aliphatic rings. The van der Waals surface area contributed by atoms with E-state index < -0.39 is 0 Å². The zero-order chi connectivity index (χ0) is 10.3. The van der Waals surface area contributed by atoms with E-state index in [1.54, 1.807) is 0 Å². The van der Waals surface area contributed by atoms with Crippen LogP contribution < -0.4 is 0 Å². The van der Waals surface area contributed by atoms with Crippen LogP contribution in [-0.4, -0.2) is 41.9 Å². The average Bonchev–Trinajstić information content (AvgIpc) is 2.13. The van der Waals surface area contributed by atoms with Gasteiger partial charge in [0, 0.05) is 18.3 Å². The molecule has 0 aromatic heterocycles. The Balaban J connectivity index is 3.91. The molecule has 0 aromatic carbocycles. The minimum Gasteiger partial charge on any atom is -0.300 e. The third-order valence-corrected chi connectivity index (χ3v) is 3.00. The molecule has 0 bridgehead atoms. The van der Waals surface area contributed by atoms with Crippen LogP contribution in [-0.2, 0) is 0 Å². The normalized spacial score (nSPS) is 15.4. The van der Waals surface area contributed by atoms with Crippen LogP contribution in [0.15, 0.2) is 0 Å². The summed E-state index contributed by atoms with van der Waals surface area (Å²) in [6.45, 7) is 2.81. The fourth-order valence-electron chi connectivity index (χ4n) is 1.19. The highest BCUT2D eigenvalue weighted by Crippen LogP contribution is 2.09. The van der Waals surface area contributed by atoms with Gasteiger partial charge in [0.15, 0.2) is 0 Å². The van der Waals surface area contributed by atoms with Gasteiger partial charge in [-0.25, -0.2) is 0 Å². The summed E-state index contributed by atoms with van der Waals surface area (Å²) in [7, 11) is 2.02. The van der Waals surface area contributed by atoms with Gasteiger partial charge in [0.1, 0.15) is 5.38 Å². The summed E-state index contributed by atoms with van der Waals surface area (Å²) in [6, 6.07) is 2.57. The summed E-state index contributed by atoms with van der Waals surface area (Å²) in [4.78, 5) is 2.16. The first-order valence-electron chi connectivity index (χ1n) is 4.38. The molecule has 0 rings (SSSR count). The van der Waals surface area contributed by atoms with E-state index in [-0.39, 0.29) is 5.38 Å². The van der Waals surface area contributed by atoms with Gasteiger partial charge in [-0.15, -0.1) is 11.6 Å². The van der Waals surface area contributed by atoms with Crippen LogP contribution in [0.2, 0.25) is 0 Å². The SMILES string of the molecule is CCC(CSC)N(C)CC(Cl)C#N. The fourth-order valence-corrected chi connectivity index (χ4v) is 2.28. The van der Waals surface area contributed by atoms with Crippen molar-refractivity contribution in [3.05, 3.63) is 0 Å². The molecule has 0 aliphatic carbocycles. The number of hydrogen-bond acceptors (Lipinski definition) is 3. The van der Waals surface area contributed by atoms with E-state index in [0.717, 1.165) is 12.2 Å². The van der Waals surface area contributed by atoms with Crippen LogP contribution in [0, 0.1) is 11.3 Å². The van der Waals surface area contributed by atoms with Crippen molar-refractivity contribution < 1.29 is 0 Å². The highest BCUT2D eigenvalue weighted by molar-refractivity contribution is 7.98. The molecule has 0 amide bonds. The number of nitrogens with zero attached hydrogens (tertiary/aromatic N) is 2. The number of halogens is 1. The maximum absolute atomic E-state index is 8.55. The Morgan fingerprint density at radius 1 is 1.62 bits per heavy atom. The van der Waals surface area contributed by atoms with Crippen molar-refractivity contribution in [3.63, 3.8) is 0 Å². The number of thioether (sulfide) groups is 1. The van der Waals surface area contributed by atoms with Crippen LogP contribution >= 0.6 is 23.4 Å². The Hall–Kier alpha value is 0.0900. The minimum atomic E-state index is -0.388. The van der Waals surface area contributed by atoms with E-state index in [0.29, 0.717) is 12.6 Å². The topological polar surface area (TPSA) is 27.0 Å². The standard InChI is InChI=1S/C9H17ClN2S/c1-4-9(7-13-3)12(2)6-8(10)5-11/h8-9H,4,6-7H2,1-3H3. The molecule has 0 heterocycles. The quantitative estimate of drug-likeness (QED) is 0.643. The Bertz CT molecular complexity index is 169. The summed E-state index contributed by atoms with van der Waals surface area (Å²) in [6.07, 6.45) is 3.20. The van der Waals surface area contributed by atoms with Crippen molar-refractivity contribution in [2.75, 3.05) is 25.6 Å². The maximum Gasteiger partial charge on any atom is 0.133 e. The van der Waals surface area contributed by atoms with Crippen LogP contribution in [0.1, 0.15) is 13.3 Å². The van der Waals surface area contributed by atoms with Crippen molar-refractivity contribution in [1.82, 2.24) is 4.90 Å². The molecule has 76 valence electrons. The molecular formula is C9H17ClN2S. The molecule has 2 atom stereocenters. The smallest absolute Gasteiger partial charge is 0.133 e. The summed E-state index contributed by atoms with van der Waals surface area (Å²) in [5, 5.41) is 8.17. The van der Waals surface area contributed by atoms with Gasteiger partial charge < -0.3 is 4.90 Å². The predicted octanol–water partition coefficient (Wildman–Crippen LogP) is 2.19. The van der Waals surface area contributed by atoms with Crippen LogP contribution in [0.3, 0.4) is 0 Å². The van der Waals surface area contributed by atoms with Gasteiger partial charge in [-0.3, -0.25) is 0 Å². The van der Waals surface area contributed by atoms with E-state index in [9.17, 15) is 0 Å². The molecular weight excluding hydrogens is 204 g/mol. The largest absolute Gasteiger partial charge is 0.300 e. The molecule has 13 heavy (non-hydrogen) atoms. The van der Waals surface area contributed by atoms with Crippen molar-refractivity contribution >= 4 is 23.4 Å². The number of rotatable bonds is 6. The first kappa shape index (κ1) is 13.1. The molecule has 0 aromatic rings. The molecule has 2 unspecified atom stereocenters. The second kappa shape index (κ2) is 7.49. The molecule has 0 spiro atoms. The lowest BCUT2D eigenvalue weighted by Gasteiger charge is -2.26. The van der Waals surface area contributed by atoms with Gasteiger partial charge in [0.2, 0.25) is 0 Å². The van der Waals surface area contributed by atoms with E-state index in [2.05, 4.69) is 18.1 Å². The van der Waals surface area contributed by atoms with E-state index in [1.165, 1.54) is 0 Å². The van der Waals surface area contributed by atoms with Crippen LogP contribution in [0.5, 0.6) is 0 Å². The first-order chi connectivity index (χ1) is 6.15. The lowest BCUT2D eigenvalue weighted by atomic mass is 10.2. The Kier molecular flexibility index (Phi) is 7.54. The zero-order valence-electron chi connectivity index (χ0n) is 8.46. The molecule has 4 heteroatoms. The number of alkyl halides is 1. The highest BCUT2D eigenvalue weighted by atomic mass is 35.5. The second-order valence-corrected chi connectivity index (χ2v) is 4.49. The van der Waals surface area contributed by atoms with E-state index in [4.69, 9.17) is 16.9 Å². The van der Waals surface area contributed by atoms with Gasteiger partial charge >= 0.3 is 0 Å². The fraction of sp³-hybridized carbons (Fsp3) is 0.889. The summed E-state index contributed by atoms with van der Waals surface area (Å²) in [5.74, 6) is 1.10. The third-order valence-electron chi connectivity index (χ3n) is 2.04. The lowest BCUT2D eigenvalue weighted by Crippen LogP contribution is -2.36. The molecule has 0 saturated heterocycles. The van der Waals surface area contributed by atoms with Crippen molar-refractivity contribution in [3.8, 4) is 6.07 Å². The summed E-state index contributed by atoms with van der Waals surface area (Å²) >= 11 is 7.58. The second-order valence-electron chi connectivity index (χ2n) is 3.05. The van der Waals surface area contributed by atoms with E-state index in [1.807, 2.05) is 24.9 Å². The summed E-state index contributed by atoms with van der Waals surface area (Å²) in [5.41, 5.74) is 0. The first-order valence-corrected chi connectivity index (χ1v) is 6.21. The Labute approximate surface area is 90.2 Å². The third kappa shape index (κ3) is 5.41. The Morgan fingerprint density at radius 2 is 2.23 bits per heavy atom. The van der Waals surface area contributed by atoms with Gasteiger partial charge in [-0.2, -0.15) is 17.0 Å². The molecule has 0 radical (unpaired) electrons. The predicted molar refractivity (Wildman–Crippen MR) is 60.3 cm³/mol. The van der Waals surface area contributed by atoms with Crippen molar-refractivity contribution in [1.29, 1.82) is 5.26 Å². The zero-order valence-corrected chi connectivity index (χ0v) is 10.0. The lowest BCUT2D eigenvalue weighted by molar-refractivity contribution is 0.263. The minimum absolute atomic E-state index is 0.388. The van der Waals surface area contributed by atoms with E-state index >= 15 is 0 Å². The summed E-state index contributed by atoms with van der Waals surface area (Å²) < 4.78 is 0. The van der Waals surface area contributed by atoms with Crippen molar-refractivity contribution in [2.24, 2.45) is 0 Å².